The predicted molar refractivity (Wildman–Crippen MR) is 120 cm³/mol. The van der Waals surface area contributed by atoms with Crippen LogP contribution in [-0.4, -0.2) is 29.6 Å². The molecule has 1 aromatic heterocycles. The van der Waals surface area contributed by atoms with Crippen LogP contribution in [0.1, 0.15) is 106 Å². The fraction of sp³-hybridized carbons (Fsp3) is 0.739. The number of nitrogens with zero attached hydrogens (tertiary/aromatic N) is 1. The summed E-state index contributed by atoms with van der Waals surface area (Å²) in [5.41, 5.74) is 0.0648. The second-order valence-corrected chi connectivity index (χ2v) is 8.25. The van der Waals surface area contributed by atoms with Gasteiger partial charge in [-0.3, -0.25) is 9.59 Å². The molecule has 0 atom stereocenters. The molecule has 6 nitrogen and oxygen atoms in total. The molecule has 0 bridgehead atoms. The molecular weight excluding hydrogens is 370 g/mol. The van der Waals surface area contributed by atoms with E-state index in [0.29, 0.717) is 11.7 Å². The number of Topliss-reactive ketones (excluding diaryl/α,β-unsaturated/α-hetero) is 2. The van der Waals surface area contributed by atoms with Crippen molar-refractivity contribution in [2.75, 3.05) is 7.11 Å². The van der Waals surface area contributed by atoms with E-state index in [9.17, 15) is 14.4 Å². The Morgan fingerprint density at radius 3 is 1.55 bits per heavy atom. The Hall–Kier alpha value is -1.98. The Bertz CT molecular complexity index is 593. The van der Waals surface area contributed by atoms with Gasteiger partial charge in [0.1, 0.15) is 17.8 Å². The number of esters is 1. The average molecular weight is 416 g/mol. The minimum absolute atomic E-state index is 0. The molecule has 0 spiro atoms. The Morgan fingerprint density at radius 1 is 0.966 bits per heavy atom. The second-order valence-electron chi connectivity index (χ2n) is 8.25. The van der Waals surface area contributed by atoms with Crippen molar-refractivity contribution < 1.29 is 23.5 Å². The zero-order chi connectivity index (χ0) is 21.9. The summed E-state index contributed by atoms with van der Waals surface area (Å²) in [5, 5.41) is 0. The quantitative estimate of drug-likeness (QED) is 0.533. The number of oxazole rings is 1. The van der Waals surface area contributed by atoms with E-state index in [0.717, 1.165) is 0 Å². The van der Waals surface area contributed by atoms with E-state index < -0.39 is 5.97 Å². The third kappa shape index (κ3) is 15.6. The highest BCUT2D eigenvalue weighted by molar-refractivity contribution is 5.86. The van der Waals surface area contributed by atoms with Gasteiger partial charge in [0, 0.05) is 23.2 Å². The topological polar surface area (TPSA) is 86.5 Å². The first-order chi connectivity index (χ1) is 12.1. The fourth-order valence-electron chi connectivity index (χ4n) is 1.62. The van der Waals surface area contributed by atoms with Gasteiger partial charge in [0.2, 0.25) is 0 Å². The number of rotatable bonds is 4. The largest absolute Gasteiger partial charge is 0.464 e. The first kappa shape index (κ1) is 34.5. The van der Waals surface area contributed by atoms with Crippen LogP contribution in [0.2, 0.25) is 0 Å². The maximum absolute atomic E-state index is 11.2. The molecule has 6 heteroatoms. The SMILES string of the molecule is C.C.CC(=O)C(C)C.CC(C)C(=O)C(C)(C)C.COC(=O)c1coc(C(C)C)n1. The molecule has 1 aromatic rings. The van der Waals surface area contributed by atoms with Crippen LogP contribution in [0.3, 0.4) is 0 Å². The van der Waals surface area contributed by atoms with E-state index in [2.05, 4.69) is 9.72 Å². The van der Waals surface area contributed by atoms with Crippen molar-refractivity contribution in [3.63, 3.8) is 0 Å². The van der Waals surface area contributed by atoms with Gasteiger partial charge in [-0.25, -0.2) is 9.78 Å². The summed E-state index contributed by atoms with van der Waals surface area (Å²) in [4.78, 5) is 36.2. The van der Waals surface area contributed by atoms with Crippen LogP contribution in [-0.2, 0) is 14.3 Å². The third-order valence-electron chi connectivity index (χ3n) is 3.49. The van der Waals surface area contributed by atoms with Crippen molar-refractivity contribution >= 4 is 17.5 Å². The molecule has 0 fully saturated rings. The fourth-order valence-corrected chi connectivity index (χ4v) is 1.62. The number of carbonyl (C=O) groups excluding carboxylic acids is 3. The monoisotopic (exact) mass is 415 g/mol. The van der Waals surface area contributed by atoms with Gasteiger partial charge < -0.3 is 9.15 Å². The molecule has 0 aliphatic heterocycles. The summed E-state index contributed by atoms with van der Waals surface area (Å²) in [6.45, 7) is 19.0. The lowest BCUT2D eigenvalue weighted by Crippen LogP contribution is -2.24. The van der Waals surface area contributed by atoms with Gasteiger partial charge >= 0.3 is 5.97 Å². The molecule has 0 saturated carbocycles. The molecule has 0 N–H and O–H groups in total. The normalized spacial score (nSPS) is 10.0. The minimum Gasteiger partial charge on any atom is -0.464 e. The molecule has 172 valence electrons. The summed E-state index contributed by atoms with van der Waals surface area (Å²) in [6.07, 6.45) is 1.31. The number of hydrogen-bond donors (Lipinski definition) is 0. The lowest BCUT2D eigenvalue weighted by atomic mass is 9.85. The van der Waals surface area contributed by atoms with Gasteiger partial charge in [0.15, 0.2) is 11.6 Å². The van der Waals surface area contributed by atoms with E-state index in [1.54, 1.807) is 6.92 Å². The van der Waals surface area contributed by atoms with Crippen molar-refractivity contribution in [1.29, 1.82) is 0 Å². The highest BCUT2D eigenvalue weighted by Crippen LogP contribution is 2.19. The van der Waals surface area contributed by atoms with Gasteiger partial charge in [-0.2, -0.15) is 0 Å². The maximum atomic E-state index is 11.2. The molecule has 1 rings (SSSR count). The summed E-state index contributed by atoms with van der Waals surface area (Å²) in [6, 6.07) is 0. The molecule has 0 aromatic carbocycles. The number of aromatic nitrogens is 1. The molecule has 0 unspecified atom stereocenters. The first-order valence-corrected chi connectivity index (χ1v) is 9.23. The maximum Gasteiger partial charge on any atom is 0.360 e. The molecule has 0 saturated heterocycles. The zero-order valence-electron chi connectivity index (χ0n) is 18.8. The summed E-state index contributed by atoms with van der Waals surface area (Å²) >= 11 is 0. The third-order valence-corrected chi connectivity index (χ3v) is 3.49. The highest BCUT2D eigenvalue weighted by Gasteiger charge is 2.23. The number of methoxy groups -OCH3 is 1. The summed E-state index contributed by atoms with van der Waals surface area (Å²) in [5.74, 6) is 1.25. The second kappa shape index (κ2) is 15.9. The molecule has 0 radical (unpaired) electrons. The molecule has 29 heavy (non-hydrogen) atoms. The average Bonchev–Trinajstić information content (AvgIpc) is 3.03. The van der Waals surface area contributed by atoms with Crippen molar-refractivity contribution in [3.05, 3.63) is 17.8 Å². The molecule has 0 aliphatic carbocycles. The summed E-state index contributed by atoms with van der Waals surface area (Å²) < 4.78 is 9.50. The van der Waals surface area contributed by atoms with Crippen LogP contribution in [0.5, 0.6) is 0 Å². The van der Waals surface area contributed by atoms with Gasteiger partial charge in [-0.15, -0.1) is 0 Å². The number of carbonyl (C=O) groups is 3. The van der Waals surface area contributed by atoms with Crippen LogP contribution < -0.4 is 0 Å². The van der Waals surface area contributed by atoms with Crippen molar-refractivity contribution in [2.45, 2.75) is 90.0 Å². The van der Waals surface area contributed by atoms with Crippen LogP contribution in [0.15, 0.2) is 10.7 Å². The molecule has 1 heterocycles. The van der Waals surface area contributed by atoms with Gasteiger partial charge in [0.05, 0.1) is 7.11 Å². The first-order valence-electron chi connectivity index (χ1n) is 9.23. The van der Waals surface area contributed by atoms with Crippen molar-refractivity contribution in [1.82, 2.24) is 4.98 Å². The lowest BCUT2D eigenvalue weighted by molar-refractivity contribution is -0.129. The van der Waals surface area contributed by atoms with Crippen LogP contribution in [0.4, 0.5) is 0 Å². The van der Waals surface area contributed by atoms with Crippen molar-refractivity contribution in [3.8, 4) is 0 Å². The number of hydrogen-bond acceptors (Lipinski definition) is 6. The van der Waals surface area contributed by atoms with E-state index >= 15 is 0 Å². The standard InChI is InChI=1S/C8H11NO3.C8H16O.C5H10O.2CH4/c1-5(2)7-9-6(4-12-7)8(10)11-3;1-6(2)7(9)8(3,4)5;1-4(2)5(3)6;;/h4-5H,1-3H3;6H,1-5H3;4H,1-3H3;2*1H4. The van der Waals surface area contributed by atoms with Crippen LogP contribution >= 0.6 is 0 Å². The van der Waals surface area contributed by atoms with E-state index in [1.165, 1.54) is 13.4 Å². The molecular formula is C23H45NO5. The van der Waals surface area contributed by atoms with Gasteiger partial charge in [-0.1, -0.05) is 77.2 Å². The lowest BCUT2D eigenvalue weighted by Gasteiger charge is -2.18. The Kier molecular flexibility index (Phi) is 18.9. The smallest absolute Gasteiger partial charge is 0.360 e. The number of ether oxygens (including phenoxy) is 1. The Balaban J connectivity index is -0.000000165. The Labute approximate surface area is 178 Å². The predicted octanol–water partition coefficient (Wildman–Crippen LogP) is 6.35. The molecule has 0 amide bonds. The van der Waals surface area contributed by atoms with Crippen LogP contribution in [0, 0.1) is 17.3 Å². The van der Waals surface area contributed by atoms with E-state index in [1.807, 2.05) is 62.3 Å². The zero-order valence-corrected chi connectivity index (χ0v) is 18.8. The Morgan fingerprint density at radius 2 is 1.38 bits per heavy atom. The summed E-state index contributed by atoms with van der Waals surface area (Å²) in [7, 11) is 1.31. The minimum atomic E-state index is -0.467. The van der Waals surface area contributed by atoms with Gasteiger partial charge in [0.25, 0.3) is 0 Å². The highest BCUT2D eigenvalue weighted by atomic mass is 16.5. The van der Waals surface area contributed by atoms with E-state index in [-0.39, 0.29) is 49.5 Å². The van der Waals surface area contributed by atoms with Gasteiger partial charge in [-0.05, 0) is 6.92 Å². The molecule has 0 aliphatic rings. The van der Waals surface area contributed by atoms with Crippen molar-refractivity contribution in [2.24, 2.45) is 17.3 Å². The van der Waals surface area contributed by atoms with Crippen LogP contribution in [0.25, 0.3) is 0 Å². The number of ketones is 2. The van der Waals surface area contributed by atoms with E-state index in [4.69, 9.17) is 4.42 Å².